The first kappa shape index (κ1) is 11.7. The van der Waals surface area contributed by atoms with Crippen molar-refractivity contribution in [3.8, 4) is 11.3 Å². The normalized spacial score (nSPS) is 15.0. The summed E-state index contributed by atoms with van der Waals surface area (Å²) >= 11 is 5.97. The van der Waals surface area contributed by atoms with Crippen LogP contribution >= 0.6 is 11.6 Å². The molecule has 94 valence electrons. The molecule has 0 aliphatic heterocycles. The number of nitrogens with one attached hydrogen (secondary N) is 1. The first-order chi connectivity index (χ1) is 8.74. The summed E-state index contributed by atoms with van der Waals surface area (Å²) in [5.74, 6) is 0.516. The van der Waals surface area contributed by atoms with Crippen LogP contribution in [0.4, 0.5) is 4.39 Å². The van der Waals surface area contributed by atoms with E-state index >= 15 is 0 Å². The molecule has 1 aromatic carbocycles. The summed E-state index contributed by atoms with van der Waals surface area (Å²) in [6.45, 7) is 0.566. The van der Waals surface area contributed by atoms with Gasteiger partial charge in [-0.15, -0.1) is 0 Å². The minimum Gasteiger partial charge on any atom is -0.439 e. The van der Waals surface area contributed by atoms with E-state index in [2.05, 4.69) is 10.3 Å². The van der Waals surface area contributed by atoms with E-state index in [0.29, 0.717) is 29.3 Å². The van der Waals surface area contributed by atoms with Crippen molar-refractivity contribution in [1.82, 2.24) is 10.3 Å². The summed E-state index contributed by atoms with van der Waals surface area (Å²) in [7, 11) is 0. The molecule has 1 heterocycles. The molecule has 1 aliphatic carbocycles. The number of halogens is 2. The van der Waals surface area contributed by atoms with Gasteiger partial charge in [0.25, 0.3) is 0 Å². The van der Waals surface area contributed by atoms with Crippen LogP contribution in [0.3, 0.4) is 0 Å². The van der Waals surface area contributed by atoms with Crippen molar-refractivity contribution in [3.63, 3.8) is 0 Å². The number of nitrogens with zero attached hydrogens (tertiary/aromatic N) is 1. The van der Waals surface area contributed by atoms with Gasteiger partial charge in [0.15, 0.2) is 5.76 Å². The maximum Gasteiger partial charge on any atom is 0.208 e. The van der Waals surface area contributed by atoms with Crippen molar-refractivity contribution in [3.05, 3.63) is 41.1 Å². The second-order valence-corrected chi connectivity index (χ2v) is 4.78. The van der Waals surface area contributed by atoms with Crippen molar-refractivity contribution in [2.24, 2.45) is 0 Å². The first-order valence-corrected chi connectivity index (χ1v) is 6.24. The van der Waals surface area contributed by atoms with Crippen molar-refractivity contribution in [2.75, 3.05) is 0 Å². The fourth-order valence-electron chi connectivity index (χ4n) is 1.76. The van der Waals surface area contributed by atoms with Crippen LogP contribution in [0.2, 0.25) is 5.02 Å². The maximum absolute atomic E-state index is 13.7. The monoisotopic (exact) mass is 266 g/mol. The number of hydrogen-bond donors (Lipinski definition) is 1. The Morgan fingerprint density at radius 2 is 2.28 bits per heavy atom. The molecular formula is C13H12ClFN2O. The van der Waals surface area contributed by atoms with Gasteiger partial charge >= 0.3 is 0 Å². The van der Waals surface area contributed by atoms with Crippen LogP contribution in [0.15, 0.2) is 28.8 Å². The zero-order valence-corrected chi connectivity index (χ0v) is 10.4. The smallest absolute Gasteiger partial charge is 0.208 e. The summed E-state index contributed by atoms with van der Waals surface area (Å²) in [6, 6.07) is 5.13. The Balaban J connectivity index is 1.83. The van der Waals surface area contributed by atoms with E-state index in [1.807, 2.05) is 0 Å². The Bertz CT molecular complexity index is 546. The summed E-state index contributed by atoms with van der Waals surface area (Å²) in [4.78, 5) is 4.12. The Morgan fingerprint density at radius 3 is 3.00 bits per heavy atom. The molecule has 0 radical (unpaired) electrons. The number of oxazole rings is 1. The molecule has 0 unspecified atom stereocenters. The molecule has 0 bridgehead atoms. The summed E-state index contributed by atoms with van der Waals surface area (Å²) < 4.78 is 19.2. The van der Waals surface area contributed by atoms with Crippen molar-refractivity contribution >= 4 is 11.6 Å². The predicted octanol–water partition coefficient (Wildman–Crippen LogP) is 3.39. The van der Waals surface area contributed by atoms with Gasteiger partial charge < -0.3 is 9.73 Å². The minimum absolute atomic E-state index is 0.268. The standard InChI is InChI=1S/C13H12ClFN2O/c14-9-2-1-3-10(15)13(9)11-6-17-12(18-11)7-16-8-4-5-8/h1-3,6,8,16H,4-5,7H2. The molecule has 2 aromatic rings. The Kier molecular flexibility index (Phi) is 3.06. The highest BCUT2D eigenvalue weighted by Crippen LogP contribution is 2.31. The van der Waals surface area contributed by atoms with Crippen LogP contribution in [0.5, 0.6) is 0 Å². The van der Waals surface area contributed by atoms with Crippen LogP contribution in [-0.2, 0) is 6.54 Å². The third-order valence-electron chi connectivity index (χ3n) is 2.88. The van der Waals surface area contributed by atoms with E-state index in [-0.39, 0.29) is 5.56 Å². The molecule has 18 heavy (non-hydrogen) atoms. The molecule has 0 atom stereocenters. The zero-order valence-electron chi connectivity index (χ0n) is 9.62. The minimum atomic E-state index is -0.402. The lowest BCUT2D eigenvalue weighted by Crippen LogP contribution is -2.15. The third kappa shape index (κ3) is 2.40. The second kappa shape index (κ2) is 4.71. The predicted molar refractivity (Wildman–Crippen MR) is 66.8 cm³/mol. The highest BCUT2D eigenvalue weighted by atomic mass is 35.5. The average molecular weight is 267 g/mol. The maximum atomic E-state index is 13.7. The van der Waals surface area contributed by atoms with Crippen LogP contribution in [0.1, 0.15) is 18.7 Å². The topological polar surface area (TPSA) is 38.1 Å². The average Bonchev–Trinajstić information content (AvgIpc) is 3.06. The molecule has 0 saturated heterocycles. The quantitative estimate of drug-likeness (QED) is 0.922. The molecule has 1 aliphatic rings. The van der Waals surface area contributed by atoms with Gasteiger partial charge in [0.1, 0.15) is 5.82 Å². The molecule has 3 nitrogen and oxygen atoms in total. The molecule has 1 N–H and O–H groups in total. The summed E-state index contributed by atoms with van der Waals surface area (Å²) in [5.41, 5.74) is 0.268. The molecule has 5 heteroatoms. The van der Waals surface area contributed by atoms with Gasteiger partial charge in [-0.3, -0.25) is 0 Å². The zero-order chi connectivity index (χ0) is 12.5. The van der Waals surface area contributed by atoms with Crippen LogP contribution in [0, 0.1) is 5.82 Å². The third-order valence-corrected chi connectivity index (χ3v) is 3.20. The lowest BCUT2D eigenvalue weighted by Gasteiger charge is -2.01. The molecule has 0 amide bonds. The van der Waals surface area contributed by atoms with E-state index in [9.17, 15) is 4.39 Å². The first-order valence-electron chi connectivity index (χ1n) is 5.86. The Morgan fingerprint density at radius 1 is 1.44 bits per heavy atom. The second-order valence-electron chi connectivity index (χ2n) is 4.37. The fraction of sp³-hybridized carbons (Fsp3) is 0.308. The van der Waals surface area contributed by atoms with E-state index < -0.39 is 5.82 Å². The van der Waals surface area contributed by atoms with E-state index in [4.69, 9.17) is 16.0 Å². The molecule has 1 fully saturated rings. The van der Waals surface area contributed by atoms with Gasteiger partial charge in [-0.2, -0.15) is 0 Å². The van der Waals surface area contributed by atoms with Gasteiger partial charge in [-0.05, 0) is 25.0 Å². The molecular weight excluding hydrogens is 255 g/mol. The van der Waals surface area contributed by atoms with Crippen molar-refractivity contribution < 1.29 is 8.81 Å². The van der Waals surface area contributed by atoms with Gasteiger partial charge in [-0.25, -0.2) is 9.37 Å². The van der Waals surface area contributed by atoms with Crippen molar-refractivity contribution in [2.45, 2.75) is 25.4 Å². The Hall–Kier alpha value is -1.39. The van der Waals surface area contributed by atoms with E-state index in [1.54, 1.807) is 12.1 Å². The Labute approximate surface area is 109 Å². The number of benzene rings is 1. The number of aromatic nitrogens is 1. The van der Waals surface area contributed by atoms with Gasteiger partial charge in [-0.1, -0.05) is 17.7 Å². The van der Waals surface area contributed by atoms with Crippen LogP contribution < -0.4 is 5.32 Å². The van der Waals surface area contributed by atoms with Crippen LogP contribution in [0.25, 0.3) is 11.3 Å². The molecule has 1 aromatic heterocycles. The number of rotatable bonds is 4. The van der Waals surface area contributed by atoms with E-state index in [0.717, 1.165) is 0 Å². The van der Waals surface area contributed by atoms with E-state index in [1.165, 1.54) is 25.1 Å². The summed E-state index contributed by atoms with van der Waals surface area (Å²) in [5, 5.41) is 3.61. The summed E-state index contributed by atoms with van der Waals surface area (Å²) in [6.07, 6.45) is 3.91. The largest absolute Gasteiger partial charge is 0.439 e. The van der Waals surface area contributed by atoms with Crippen molar-refractivity contribution in [1.29, 1.82) is 0 Å². The lowest BCUT2D eigenvalue weighted by atomic mass is 10.2. The highest BCUT2D eigenvalue weighted by Gasteiger charge is 2.21. The van der Waals surface area contributed by atoms with Gasteiger partial charge in [0.2, 0.25) is 5.89 Å². The van der Waals surface area contributed by atoms with Gasteiger partial charge in [0, 0.05) is 6.04 Å². The highest BCUT2D eigenvalue weighted by molar-refractivity contribution is 6.33. The molecule has 1 saturated carbocycles. The number of hydrogen-bond acceptors (Lipinski definition) is 3. The SMILES string of the molecule is Fc1cccc(Cl)c1-c1cnc(CNC2CC2)o1. The van der Waals surface area contributed by atoms with Crippen LogP contribution in [-0.4, -0.2) is 11.0 Å². The lowest BCUT2D eigenvalue weighted by molar-refractivity contribution is 0.474. The van der Waals surface area contributed by atoms with Gasteiger partial charge in [0.05, 0.1) is 23.3 Å². The molecule has 0 spiro atoms. The fourth-order valence-corrected chi connectivity index (χ4v) is 2.02. The molecule has 3 rings (SSSR count).